The molecule has 0 saturated carbocycles. The van der Waals surface area contributed by atoms with Gasteiger partial charge in [-0.2, -0.15) is 0 Å². The molecule has 0 fully saturated rings. The van der Waals surface area contributed by atoms with Crippen LogP contribution in [0.1, 0.15) is 35.7 Å². The minimum atomic E-state index is -0.0583. The van der Waals surface area contributed by atoms with E-state index in [0.717, 1.165) is 36.3 Å². The van der Waals surface area contributed by atoms with Gasteiger partial charge in [-0.15, -0.1) is 0 Å². The molecule has 0 bridgehead atoms. The first-order valence-electron chi connectivity index (χ1n) is 8.37. The molecule has 0 aromatic heterocycles. The van der Waals surface area contributed by atoms with Crippen LogP contribution in [0.2, 0.25) is 0 Å². The number of carbonyl (C=O) groups is 1. The van der Waals surface area contributed by atoms with Crippen molar-refractivity contribution >= 4 is 5.91 Å². The van der Waals surface area contributed by atoms with E-state index in [1.165, 1.54) is 0 Å². The van der Waals surface area contributed by atoms with Crippen molar-refractivity contribution in [2.24, 2.45) is 0 Å². The molecule has 2 aromatic carbocycles. The summed E-state index contributed by atoms with van der Waals surface area (Å²) in [6.45, 7) is 3.38. The molecular weight excluding hydrogens is 302 g/mol. The lowest BCUT2D eigenvalue weighted by Crippen LogP contribution is -2.24. The maximum Gasteiger partial charge on any atom is 0.251 e. The van der Waals surface area contributed by atoms with Gasteiger partial charge in [0.05, 0.1) is 13.7 Å². The number of carbonyl (C=O) groups excluding carboxylic acids is 1. The Morgan fingerprint density at radius 2 is 1.83 bits per heavy atom. The number of methoxy groups -OCH3 is 1. The summed E-state index contributed by atoms with van der Waals surface area (Å²) < 4.78 is 10.8. The molecule has 4 nitrogen and oxygen atoms in total. The Kier molecular flexibility index (Phi) is 7.15. The SMILES string of the molecule is CCCOc1ccc(C(=O)NCCCc2ccccc2OC)cc1. The molecular formula is C20H25NO3. The molecule has 0 unspecified atom stereocenters. The summed E-state index contributed by atoms with van der Waals surface area (Å²) in [7, 11) is 1.68. The molecule has 0 aliphatic rings. The molecule has 0 radical (unpaired) electrons. The van der Waals surface area contributed by atoms with Gasteiger partial charge in [0.1, 0.15) is 11.5 Å². The maximum absolute atomic E-state index is 12.1. The van der Waals surface area contributed by atoms with Crippen LogP contribution in [-0.4, -0.2) is 26.2 Å². The van der Waals surface area contributed by atoms with E-state index in [1.54, 1.807) is 19.2 Å². The zero-order chi connectivity index (χ0) is 17.2. The molecule has 24 heavy (non-hydrogen) atoms. The maximum atomic E-state index is 12.1. The lowest BCUT2D eigenvalue weighted by atomic mass is 10.1. The van der Waals surface area contributed by atoms with Crippen LogP contribution in [0.4, 0.5) is 0 Å². The van der Waals surface area contributed by atoms with Crippen LogP contribution < -0.4 is 14.8 Å². The highest BCUT2D eigenvalue weighted by Gasteiger charge is 2.06. The van der Waals surface area contributed by atoms with E-state index in [9.17, 15) is 4.79 Å². The molecule has 128 valence electrons. The van der Waals surface area contributed by atoms with E-state index >= 15 is 0 Å². The van der Waals surface area contributed by atoms with Crippen LogP contribution in [0.3, 0.4) is 0 Å². The topological polar surface area (TPSA) is 47.6 Å². The second-order valence-electron chi connectivity index (χ2n) is 5.54. The standard InChI is InChI=1S/C20H25NO3/c1-3-15-24-18-12-10-17(11-13-18)20(22)21-14-6-8-16-7-4-5-9-19(16)23-2/h4-5,7,9-13H,3,6,8,14-15H2,1-2H3,(H,21,22). The zero-order valence-corrected chi connectivity index (χ0v) is 14.4. The first-order valence-corrected chi connectivity index (χ1v) is 8.37. The molecule has 4 heteroatoms. The summed E-state index contributed by atoms with van der Waals surface area (Å²) >= 11 is 0. The normalized spacial score (nSPS) is 10.2. The first-order chi connectivity index (χ1) is 11.7. The van der Waals surface area contributed by atoms with Gasteiger partial charge in [0, 0.05) is 12.1 Å². The van der Waals surface area contributed by atoms with E-state index in [1.807, 2.05) is 30.3 Å². The van der Waals surface area contributed by atoms with Gasteiger partial charge < -0.3 is 14.8 Å². The van der Waals surface area contributed by atoms with Crippen molar-refractivity contribution in [2.45, 2.75) is 26.2 Å². The van der Waals surface area contributed by atoms with Gasteiger partial charge in [-0.25, -0.2) is 0 Å². The van der Waals surface area contributed by atoms with Gasteiger partial charge in [0.2, 0.25) is 0 Å². The fourth-order valence-electron chi connectivity index (χ4n) is 2.41. The van der Waals surface area contributed by atoms with Gasteiger partial charge in [-0.05, 0) is 55.2 Å². The van der Waals surface area contributed by atoms with E-state index < -0.39 is 0 Å². The highest BCUT2D eigenvalue weighted by Crippen LogP contribution is 2.18. The number of nitrogens with one attached hydrogen (secondary N) is 1. The van der Waals surface area contributed by atoms with Gasteiger partial charge in [0.25, 0.3) is 5.91 Å². The van der Waals surface area contributed by atoms with Gasteiger partial charge in [-0.3, -0.25) is 4.79 Å². The minimum absolute atomic E-state index is 0.0583. The highest BCUT2D eigenvalue weighted by molar-refractivity contribution is 5.94. The molecule has 0 saturated heterocycles. The predicted molar refractivity (Wildman–Crippen MR) is 95.9 cm³/mol. The Morgan fingerprint density at radius 1 is 1.08 bits per heavy atom. The number of benzene rings is 2. The van der Waals surface area contributed by atoms with Crippen molar-refractivity contribution in [1.82, 2.24) is 5.32 Å². The van der Waals surface area contributed by atoms with E-state index in [0.29, 0.717) is 18.7 Å². The number of hydrogen-bond donors (Lipinski definition) is 1. The van der Waals surface area contributed by atoms with E-state index in [2.05, 4.69) is 18.3 Å². The number of aryl methyl sites for hydroxylation is 1. The van der Waals surface area contributed by atoms with Gasteiger partial charge in [0.15, 0.2) is 0 Å². The monoisotopic (exact) mass is 327 g/mol. The summed E-state index contributed by atoms with van der Waals surface area (Å²) in [5.74, 6) is 1.63. The molecule has 1 amide bonds. The van der Waals surface area contributed by atoms with E-state index in [-0.39, 0.29) is 5.91 Å². The van der Waals surface area contributed by atoms with Crippen LogP contribution in [0, 0.1) is 0 Å². The molecule has 0 atom stereocenters. The van der Waals surface area contributed by atoms with E-state index in [4.69, 9.17) is 9.47 Å². The minimum Gasteiger partial charge on any atom is -0.496 e. The van der Waals surface area contributed by atoms with Crippen LogP contribution in [0.5, 0.6) is 11.5 Å². The Bertz CT molecular complexity index is 638. The van der Waals surface area contributed by atoms with Crippen molar-refractivity contribution in [3.8, 4) is 11.5 Å². The molecule has 0 spiro atoms. The average Bonchev–Trinajstić information content (AvgIpc) is 2.64. The van der Waals surface area contributed by atoms with Crippen LogP contribution in [0.15, 0.2) is 48.5 Å². The quantitative estimate of drug-likeness (QED) is 0.712. The second kappa shape index (κ2) is 9.60. The fourth-order valence-corrected chi connectivity index (χ4v) is 2.41. The Balaban J connectivity index is 1.76. The third-order valence-corrected chi connectivity index (χ3v) is 3.69. The van der Waals surface area contributed by atoms with Crippen molar-refractivity contribution in [1.29, 1.82) is 0 Å². The highest BCUT2D eigenvalue weighted by atomic mass is 16.5. The molecule has 0 heterocycles. The lowest BCUT2D eigenvalue weighted by Gasteiger charge is -2.09. The summed E-state index contributed by atoms with van der Waals surface area (Å²) in [6, 6.07) is 15.2. The van der Waals surface area contributed by atoms with Crippen LogP contribution in [-0.2, 0) is 6.42 Å². The van der Waals surface area contributed by atoms with Gasteiger partial charge in [-0.1, -0.05) is 25.1 Å². The summed E-state index contributed by atoms with van der Waals surface area (Å²) in [6.07, 6.45) is 2.70. The molecule has 2 rings (SSSR count). The third kappa shape index (κ3) is 5.30. The summed E-state index contributed by atoms with van der Waals surface area (Å²) in [4.78, 5) is 12.1. The number of hydrogen-bond acceptors (Lipinski definition) is 3. The van der Waals surface area contributed by atoms with Crippen molar-refractivity contribution in [3.63, 3.8) is 0 Å². The Labute approximate surface area is 143 Å². The predicted octanol–water partition coefficient (Wildman–Crippen LogP) is 3.85. The van der Waals surface area contributed by atoms with Gasteiger partial charge >= 0.3 is 0 Å². The largest absolute Gasteiger partial charge is 0.496 e. The second-order valence-corrected chi connectivity index (χ2v) is 5.54. The molecule has 0 aliphatic carbocycles. The molecule has 0 aliphatic heterocycles. The lowest BCUT2D eigenvalue weighted by molar-refractivity contribution is 0.0953. The van der Waals surface area contributed by atoms with Crippen molar-refractivity contribution in [3.05, 3.63) is 59.7 Å². The van der Waals surface area contributed by atoms with Crippen molar-refractivity contribution < 1.29 is 14.3 Å². The summed E-state index contributed by atoms with van der Waals surface area (Å²) in [5, 5.41) is 2.95. The summed E-state index contributed by atoms with van der Waals surface area (Å²) in [5.41, 5.74) is 1.81. The van der Waals surface area contributed by atoms with Crippen LogP contribution in [0.25, 0.3) is 0 Å². The zero-order valence-electron chi connectivity index (χ0n) is 14.4. The Morgan fingerprint density at radius 3 is 2.54 bits per heavy atom. The number of amides is 1. The average molecular weight is 327 g/mol. The molecule has 2 aromatic rings. The molecule has 1 N–H and O–H groups in total. The smallest absolute Gasteiger partial charge is 0.251 e. The first kappa shape index (κ1) is 17.9. The number of para-hydroxylation sites is 1. The van der Waals surface area contributed by atoms with Crippen LogP contribution >= 0.6 is 0 Å². The Hall–Kier alpha value is -2.49. The number of rotatable bonds is 9. The fraction of sp³-hybridized carbons (Fsp3) is 0.350. The number of ether oxygens (including phenoxy) is 2. The van der Waals surface area contributed by atoms with Crippen molar-refractivity contribution in [2.75, 3.05) is 20.3 Å². The third-order valence-electron chi connectivity index (χ3n) is 3.69.